The molecular weight excluding hydrogens is 306 g/mol. The van der Waals surface area contributed by atoms with Gasteiger partial charge in [-0.3, -0.25) is 9.80 Å². The summed E-state index contributed by atoms with van der Waals surface area (Å²) >= 11 is 5.77. The molecule has 1 aliphatic rings. The van der Waals surface area contributed by atoms with Crippen LogP contribution >= 0.6 is 12.2 Å². The van der Waals surface area contributed by atoms with Crippen LogP contribution in [0.5, 0.6) is 0 Å². The number of nitrogens with zero attached hydrogens (tertiary/aromatic N) is 5. The maximum atomic E-state index is 5.77. The fraction of sp³-hybridized carbons (Fsp3) is 0.882. The highest BCUT2D eigenvalue weighted by Gasteiger charge is 2.29. The SMILES string of the molecule is CCCCn1c(C(CC)N(C)C)nn(CN(CC)C2CC2)c1=S. The van der Waals surface area contributed by atoms with Crippen LogP contribution in [0.1, 0.15) is 64.7 Å². The van der Waals surface area contributed by atoms with Crippen LogP contribution < -0.4 is 0 Å². The van der Waals surface area contributed by atoms with Crippen LogP contribution in [0.2, 0.25) is 0 Å². The zero-order valence-electron chi connectivity index (χ0n) is 15.5. The van der Waals surface area contributed by atoms with Gasteiger partial charge in [0.15, 0.2) is 4.77 Å². The Bertz CT molecular complexity index is 544. The van der Waals surface area contributed by atoms with E-state index >= 15 is 0 Å². The van der Waals surface area contributed by atoms with Gasteiger partial charge in [-0.05, 0) is 58.5 Å². The summed E-state index contributed by atoms with van der Waals surface area (Å²) in [4.78, 5) is 4.75. The maximum Gasteiger partial charge on any atom is 0.199 e. The Hall–Kier alpha value is -0.720. The topological polar surface area (TPSA) is 29.2 Å². The number of hydrogen-bond donors (Lipinski definition) is 0. The largest absolute Gasteiger partial charge is 0.303 e. The molecule has 1 fully saturated rings. The molecule has 1 aliphatic carbocycles. The Morgan fingerprint density at radius 3 is 2.43 bits per heavy atom. The second-order valence-electron chi connectivity index (χ2n) is 6.81. The number of unbranched alkanes of at least 4 members (excludes halogenated alkanes) is 1. The summed E-state index contributed by atoms with van der Waals surface area (Å²) in [5.41, 5.74) is 0. The van der Waals surface area contributed by atoms with Crippen molar-refractivity contribution in [3.63, 3.8) is 0 Å². The molecular formula is C17H33N5S. The standard InChI is InChI=1S/C17H33N5S/c1-6-9-12-21-16(15(7-2)19(4)5)18-22(17(21)23)13-20(8-3)14-10-11-14/h14-15H,6-13H2,1-5H3. The zero-order valence-corrected chi connectivity index (χ0v) is 16.3. The van der Waals surface area contributed by atoms with Crippen LogP contribution in [0.15, 0.2) is 0 Å². The lowest BCUT2D eigenvalue weighted by Crippen LogP contribution is -2.29. The molecule has 0 aromatic carbocycles. The summed E-state index contributed by atoms with van der Waals surface area (Å²) in [7, 11) is 4.26. The Morgan fingerprint density at radius 2 is 1.96 bits per heavy atom. The predicted molar refractivity (Wildman–Crippen MR) is 98.1 cm³/mol. The first-order valence-electron chi connectivity index (χ1n) is 9.11. The lowest BCUT2D eigenvalue weighted by atomic mass is 10.2. The second-order valence-corrected chi connectivity index (χ2v) is 7.18. The average Bonchev–Trinajstić information content (AvgIpc) is 3.31. The highest BCUT2D eigenvalue weighted by molar-refractivity contribution is 7.71. The summed E-state index contributed by atoms with van der Waals surface area (Å²) in [6.45, 7) is 9.54. The van der Waals surface area contributed by atoms with Crippen LogP contribution in [0.4, 0.5) is 0 Å². The van der Waals surface area contributed by atoms with Crippen LogP contribution in [0.25, 0.3) is 0 Å². The molecule has 132 valence electrons. The van der Waals surface area contributed by atoms with Gasteiger partial charge in [0.1, 0.15) is 5.82 Å². The van der Waals surface area contributed by atoms with Gasteiger partial charge >= 0.3 is 0 Å². The lowest BCUT2D eigenvalue weighted by molar-refractivity contribution is 0.203. The van der Waals surface area contributed by atoms with Crippen LogP contribution in [0.3, 0.4) is 0 Å². The van der Waals surface area contributed by atoms with E-state index in [4.69, 9.17) is 17.3 Å². The van der Waals surface area contributed by atoms with Gasteiger partial charge in [0.2, 0.25) is 0 Å². The van der Waals surface area contributed by atoms with Gasteiger partial charge in [-0.2, -0.15) is 5.10 Å². The van der Waals surface area contributed by atoms with Crippen molar-refractivity contribution in [3.05, 3.63) is 10.6 Å². The van der Waals surface area contributed by atoms with Crippen LogP contribution in [-0.2, 0) is 13.2 Å². The average molecular weight is 340 g/mol. The molecule has 2 rings (SSSR count). The monoisotopic (exact) mass is 339 g/mol. The summed E-state index contributed by atoms with van der Waals surface area (Å²) in [6.07, 6.45) is 6.01. The number of hydrogen-bond acceptors (Lipinski definition) is 4. The Kier molecular flexibility index (Phi) is 6.80. The van der Waals surface area contributed by atoms with E-state index in [1.54, 1.807) is 0 Å². The quantitative estimate of drug-likeness (QED) is 0.608. The van der Waals surface area contributed by atoms with Crippen molar-refractivity contribution in [3.8, 4) is 0 Å². The molecule has 1 unspecified atom stereocenters. The van der Waals surface area contributed by atoms with Gasteiger partial charge in [0, 0.05) is 12.6 Å². The van der Waals surface area contributed by atoms with Crippen LogP contribution in [0, 0.1) is 4.77 Å². The normalized spacial score (nSPS) is 16.5. The molecule has 0 N–H and O–H groups in total. The molecule has 23 heavy (non-hydrogen) atoms. The minimum Gasteiger partial charge on any atom is -0.303 e. The molecule has 5 nitrogen and oxygen atoms in total. The molecule has 1 atom stereocenters. The van der Waals surface area contributed by atoms with Crippen molar-refractivity contribution in [2.24, 2.45) is 0 Å². The van der Waals surface area contributed by atoms with Crippen molar-refractivity contribution in [2.75, 3.05) is 20.6 Å². The van der Waals surface area contributed by atoms with Crippen molar-refractivity contribution < 1.29 is 0 Å². The Balaban J connectivity index is 2.31. The fourth-order valence-corrected chi connectivity index (χ4v) is 3.47. The van der Waals surface area contributed by atoms with Gasteiger partial charge in [-0.15, -0.1) is 0 Å². The van der Waals surface area contributed by atoms with Gasteiger partial charge in [0.05, 0.1) is 12.7 Å². The van der Waals surface area contributed by atoms with E-state index in [-0.39, 0.29) is 0 Å². The third-order valence-corrected chi connectivity index (χ3v) is 5.21. The van der Waals surface area contributed by atoms with Crippen molar-refractivity contribution in [2.45, 2.75) is 78.2 Å². The van der Waals surface area contributed by atoms with E-state index in [0.29, 0.717) is 6.04 Å². The molecule has 1 aromatic heterocycles. The fourth-order valence-electron chi connectivity index (χ4n) is 3.19. The van der Waals surface area contributed by atoms with E-state index in [1.165, 1.54) is 19.3 Å². The first-order chi connectivity index (χ1) is 11.0. The van der Waals surface area contributed by atoms with Gasteiger partial charge in [0.25, 0.3) is 0 Å². The molecule has 0 spiro atoms. The third kappa shape index (κ3) is 4.43. The van der Waals surface area contributed by atoms with E-state index < -0.39 is 0 Å². The summed E-state index contributed by atoms with van der Waals surface area (Å²) in [5, 5.41) is 4.95. The van der Waals surface area contributed by atoms with E-state index in [2.05, 4.69) is 49.2 Å². The molecule has 1 aromatic rings. The third-order valence-electron chi connectivity index (χ3n) is 4.78. The van der Waals surface area contributed by atoms with E-state index in [1.807, 2.05) is 4.68 Å². The summed E-state index contributed by atoms with van der Waals surface area (Å²) < 4.78 is 5.20. The number of aromatic nitrogens is 3. The smallest absolute Gasteiger partial charge is 0.199 e. The summed E-state index contributed by atoms with van der Waals surface area (Å²) in [6, 6.07) is 1.06. The minimum atomic E-state index is 0.325. The molecule has 0 amide bonds. The van der Waals surface area contributed by atoms with E-state index in [9.17, 15) is 0 Å². The first-order valence-corrected chi connectivity index (χ1v) is 9.52. The van der Waals surface area contributed by atoms with E-state index in [0.717, 1.165) is 49.2 Å². The first kappa shape index (κ1) is 18.6. The van der Waals surface area contributed by atoms with Gasteiger partial charge in [-0.1, -0.05) is 27.2 Å². The van der Waals surface area contributed by atoms with Crippen molar-refractivity contribution in [1.82, 2.24) is 24.1 Å². The lowest BCUT2D eigenvalue weighted by Gasteiger charge is -2.22. The van der Waals surface area contributed by atoms with Crippen molar-refractivity contribution in [1.29, 1.82) is 0 Å². The minimum absolute atomic E-state index is 0.325. The zero-order chi connectivity index (χ0) is 17.0. The highest BCUT2D eigenvalue weighted by Crippen LogP contribution is 2.27. The molecule has 1 saturated carbocycles. The summed E-state index contributed by atoms with van der Waals surface area (Å²) in [5.74, 6) is 1.13. The second kappa shape index (κ2) is 8.40. The van der Waals surface area contributed by atoms with Gasteiger partial charge < -0.3 is 4.57 Å². The Labute approximate surface area is 146 Å². The predicted octanol–water partition coefficient (Wildman–Crippen LogP) is 3.67. The van der Waals surface area contributed by atoms with Crippen LogP contribution in [-0.4, -0.2) is 50.8 Å². The van der Waals surface area contributed by atoms with Gasteiger partial charge in [-0.25, -0.2) is 4.68 Å². The highest BCUT2D eigenvalue weighted by atomic mass is 32.1. The molecule has 0 radical (unpaired) electrons. The maximum absolute atomic E-state index is 5.77. The molecule has 6 heteroatoms. The molecule has 0 bridgehead atoms. The molecule has 1 heterocycles. The van der Waals surface area contributed by atoms with Crippen molar-refractivity contribution >= 4 is 12.2 Å². The number of rotatable bonds is 10. The Morgan fingerprint density at radius 1 is 1.26 bits per heavy atom. The molecule has 0 aliphatic heterocycles. The molecule has 0 saturated heterocycles.